The van der Waals surface area contributed by atoms with Gasteiger partial charge in [0, 0.05) is 11.4 Å². The standard InChI is InChI=1S/C11H15N3/c1-4-9(7-12)11-13-8(3)6-10(5-2)14-11/h6,9H,4-5H2,1-3H3. The molecule has 0 spiro atoms. The Morgan fingerprint density at radius 3 is 2.64 bits per heavy atom. The maximum Gasteiger partial charge on any atom is 0.145 e. The SMILES string of the molecule is CCc1cc(C)nc(C(C#N)CC)n1. The molecule has 0 aliphatic carbocycles. The minimum absolute atomic E-state index is 0.166. The van der Waals surface area contributed by atoms with Crippen molar-refractivity contribution in [1.82, 2.24) is 9.97 Å². The van der Waals surface area contributed by atoms with Crippen molar-refractivity contribution in [1.29, 1.82) is 5.26 Å². The second kappa shape index (κ2) is 4.71. The van der Waals surface area contributed by atoms with E-state index < -0.39 is 0 Å². The van der Waals surface area contributed by atoms with Crippen LogP contribution in [0.1, 0.15) is 43.4 Å². The molecule has 0 aliphatic heterocycles. The van der Waals surface area contributed by atoms with E-state index in [0.717, 1.165) is 24.2 Å². The lowest BCUT2D eigenvalue weighted by Crippen LogP contribution is -2.05. The molecule has 0 aromatic carbocycles. The summed E-state index contributed by atoms with van der Waals surface area (Å²) in [4.78, 5) is 8.65. The normalized spacial score (nSPS) is 12.1. The number of rotatable bonds is 3. The molecule has 1 aromatic rings. The summed E-state index contributed by atoms with van der Waals surface area (Å²) in [6, 6.07) is 4.19. The number of hydrogen-bond acceptors (Lipinski definition) is 3. The number of nitriles is 1. The Labute approximate surface area is 84.8 Å². The molecule has 1 heterocycles. The highest BCUT2D eigenvalue weighted by molar-refractivity contribution is 5.15. The minimum Gasteiger partial charge on any atom is -0.237 e. The van der Waals surface area contributed by atoms with Gasteiger partial charge in [-0.1, -0.05) is 13.8 Å². The average Bonchev–Trinajstić information content (AvgIpc) is 2.19. The number of aryl methyl sites for hydroxylation is 2. The zero-order valence-electron chi connectivity index (χ0n) is 8.91. The van der Waals surface area contributed by atoms with Gasteiger partial charge in [0.1, 0.15) is 11.7 Å². The van der Waals surface area contributed by atoms with Gasteiger partial charge in [-0.3, -0.25) is 0 Å². The molecule has 0 saturated carbocycles. The predicted molar refractivity (Wildman–Crippen MR) is 54.8 cm³/mol. The average molecular weight is 189 g/mol. The molecule has 0 fully saturated rings. The summed E-state index contributed by atoms with van der Waals surface area (Å²) in [5.41, 5.74) is 1.96. The first-order valence-electron chi connectivity index (χ1n) is 4.95. The van der Waals surface area contributed by atoms with Crippen LogP contribution in [0.4, 0.5) is 0 Å². The molecule has 0 saturated heterocycles. The second-order valence-corrected chi connectivity index (χ2v) is 3.30. The number of aromatic nitrogens is 2. The minimum atomic E-state index is -0.166. The fourth-order valence-electron chi connectivity index (χ4n) is 1.33. The van der Waals surface area contributed by atoms with Crippen LogP contribution in [-0.4, -0.2) is 9.97 Å². The molecule has 3 heteroatoms. The summed E-state index contributed by atoms with van der Waals surface area (Å²) < 4.78 is 0. The predicted octanol–water partition coefficient (Wildman–Crippen LogP) is 2.36. The van der Waals surface area contributed by atoms with Crippen LogP contribution >= 0.6 is 0 Å². The Morgan fingerprint density at radius 1 is 1.43 bits per heavy atom. The van der Waals surface area contributed by atoms with Gasteiger partial charge in [0.25, 0.3) is 0 Å². The highest BCUT2D eigenvalue weighted by Gasteiger charge is 2.12. The van der Waals surface area contributed by atoms with E-state index in [1.165, 1.54) is 0 Å². The fourth-order valence-corrected chi connectivity index (χ4v) is 1.33. The Balaban J connectivity index is 3.09. The largest absolute Gasteiger partial charge is 0.237 e. The summed E-state index contributed by atoms with van der Waals surface area (Å²) in [5, 5.41) is 8.90. The van der Waals surface area contributed by atoms with Crippen molar-refractivity contribution >= 4 is 0 Å². The van der Waals surface area contributed by atoms with E-state index in [0.29, 0.717) is 5.82 Å². The van der Waals surface area contributed by atoms with E-state index in [9.17, 15) is 0 Å². The van der Waals surface area contributed by atoms with E-state index in [-0.39, 0.29) is 5.92 Å². The fraction of sp³-hybridized carbons (Fsp3) is 0.545. The first-order chi connectivity index (χ1) is 6.71. The lowest BCUT2D eigenvalue weighted by atomic mass is 10.1. The molecule has 0 bridgehead atoms. The first kappa shape index (κ1) is 10.6. The van der Waals surface area contributed by atoms with E-state index in [2.05, 4.69) is 23.0 Å². The Bertz CT molecular complexity index is 352. The van der Waals surface area contributed by atoms with E-state index in [1.807, 2.05) is 19.9 Å². The summed E-state index contributed by atoms with van der Waals surface area (Å²) in [5.74, 6) is 0.507. The van der Waals surface area contributed by atoms with Crippen LogP contribution < -0.4 is 0 Å². The topological polar surface area (TPSA) is 49.6 Å². The Kier molecular flexibility index (Phi) is 3.58. The van der Waals surface area contributed by atoms with Crippen molar-refractivity contribution in [3.8, 4) is 6.07 Å². The maximum absolute atomic E-state index is 8.90. The van der Waals surface area contributed by atoms with Crippen molar-refractivity contribution in [2.75, 3.05) is 0 Å². The highest BCUT2D eigenvalue weighted by Crippen LogP contribution is 2.15. The third kappa shape index (κ3) is 2.29. The van der Waals surface area contributed by atoms with Gasteiger partial charge in [-0.05, 0) is 25.8 Å². The van der Waals surface area contributed by atoms with Crippen molar-refractivity contribution in [3.05, 3.63) is 23.3 Å². The lowest BCUT2D eigenvalue weighted by Gasteiger charge is -2.07. The van der Waals surface area contributed by atoms with Gasteiger partial charge in [0.2, 0.25) is 0 Å². The summed E-state index contributed by atoms with van der Waals surface area (Å²) in [6.45, 7) is 5.97. The van der Waals surface area contributed by atoms with Crippen LogP contribution in [0.2, 0.25) is 0 Å². The molecule has 74 valence electrons. The van der Waals surface area contributed by atoms with Crippen LogP contribution in [0.15, 0.2) is 6.07 Å². The van der Waals surface area contributed by atoms with Crippen molar-refractivity contribution in [2.24, 2.45) is 0 Å². The van der Waals surface area contributed by atoms with Crippen LogP contribution in [0.5, 0.6) is 0 Å². The molecule has 0 amide bonds. The van der Waals surface area contributed by atoms with Gasteiger partial charge in [-0.15, -0.1) is 0 Å². The summed E-state index contributed by atoms with van der Waals surface area (Å²) >= 11 is 0. The van der Waals surface area contributed by atoms with Crippen LogP contribution in [-0.2, 0) is 6.42 Å². The smallest absolute Gasteiger partial charge is 0.145 e. The summed E-state index contributed by atoms with van der Waals surface area (Å²) in [7, 11) is 0. The van der Waals surface area contributed by atoms with Crippen molar-refractivity contribution < 1.29 is 0 Å². The molecule has 1 unspecified atom stereocenters. The van der Waals surface area contributed by atoms with Crippen molar-refractivity contribution in [2.45, 2.75) is 39.5 Å². The van der Waals surface area contributed by atoms with Gasteiger partial charge >= 0.3 is 0 Å². The van der Waals surface area contributed by atoms with Gasteiger partial charge in [-0.25, -0.2) is 9.97 Å². The van der Waals surface area contributed by atoms with Gasteiger partial charge in [0.15, 0.2) is 0 Å². The van der Waals surface area contributed by atoms with Gasteiger partial charge < -0.3 is 0 Å². The highest BCUT2D eigenvalue weighted by atomic mass is 14.9. The first-order valence-corrected chi connectivity index (χ1v) is 4.95. The van der Waals surface area contributed by atoms with Gasteiger partial charge in [0.05, 0.1) is 6.07 Å². The summed E-state index contributed by atoms with van der Waals surface area (Å²) in [6.07, 6.45) is 1.65. The molecule has 0 radical (unpaired) electrons. The van der Waals surface area contributed by atoms with Crippen LogP contribution in [0.3, 0.4) is 0 Å². The molecule has 14 heavy (non-hydrogen) atoms. The quantitative estimate of drug-likeness (QED) is 0.733. The van der Waals surface area contributed by atoms with E-state index in [4.69, 9.17) is 5.26 Å². The molecule has 1 aromatic heterocycles. The third-order valence-electron chi connectivity index (χ3n) is 2.16. The molecule has 1 atom stereocenters. The van der Waals surface area contributed by atoms with Crippen LogP contribution in [0.25, 0.3) is 0 Å². The lowest BCUT2D eigenvalue weighted by molar-refractivity contribution is 0.732. The van der Waals surface area contributed by atoms with Crippen LogP contribution in [0, 0.1) is 18.3 Å². The maximum atomic E-state index is 8.90. The Hall–Kier alpha value is -1.43. The molecule has 0 N–H and O–H groups in total. The molecular formula is C11H15N3. The van der Waals surface area contributed by atoms with E-state index in [1.54, 1.807) is 0 Å². The van der Waals surface area contributed by atoms with Gasteiger partial charge in [-0.2, -0.15) is 5.26 Å². The Morgan fingerprint density at radius 2 is 2.14 bits per heavy atom. The zero-order chi connectivity index (χ0) is 10.6. The van der Waals surface area contributed by atoms with Crippen molar-refractivity contribution in [3.63, 3.8) is 0 Å². The number of nitrogens with zero attached hydrogens (tertiary/aromatic N) is 3. The molecular weight excluding hydrogens is 174 g/mol. The third-order valence-corrected chi connectivity index (χ3v) is 2.16. The number of hydrogen-bond donors (Lipinski definition) is 0. The molecule has 3 nitrogen and oxygen atoms in total. The molecule has 1 rings (SSSR count). The molecule has 0 aliphatic rings. The second-order valence-electron chi connectivity index (χ2n) is 3.30. The zero-order valence-corrected chi connectivity index (χ0v) is 8.91. The van der Waals surface area contributed by atoms with E-state index >= 15 is 0 Å². The monoisotopic (exact) mass is 189 g/mol.